The van der Waals surface area contributed by atoms with Gasteiger partial charge in [-0.25, -0.2) is 17.8 Å². The number of sulfone groups is 1. The fraction of sp³-hybridized carbons (Fsp3) is 0.441. The lowest BCUT2D eigenvalue weighted by Gasteiger charge is -2.23. The zero-order chi connectivity index (χ0) is 32.9. The van der Waals surface area contributed by atoms with Crippen molar-refractivity contribution in [3.63, 3.8) is 0 Å². The van der Waals surface area contributed by atoms with Crippen LogP contribution in [0, 0.1) is 24.6 Å². The van der Waals surface area contributed by atoms with Crippen molar-refractivity contribution in [3.8, 4) is 21.9 Å². The molecule has 1 N–H and O–H groups in total. The maximum atomic E-state index is 14.1. The van der Waals surface area contributed by atoms with Gasteiger partial charge in [0, 0.05) is 48.9 Å². The number of nitrogens with zero attached hydrogens (tertiary/aromatic N) is 5. The topological polar surface area (TPSA) is 133 Å². The van der Waals surface area contributed by atoms with Crippen LogP contribution in [-0.4, -0.2) is 52.5 Å². The Morgan fingerprint density at radius 2 is 1.91 bits per heavy atom. The number of halogens is 1. The molecule has 2 aliphatic heterocycles. The van der Waals surface area contributed by atoms with Crippen molar-refractivity contribution in [3.05, 3.63) is 65.4 Å². The third kappa shape index (κ3) is 6.16. The number of hydrogen-bond donors (Lipinski definition) is 1. The van der Waals surface area contributed by atoms with E-state index >= 15 is 0 Å². The largest absolute Gasteiger partial charge is 0.421 e. The minimum Gasteiger partial charge on any atom is -0.421 e. The van der Waals surface area contributed by atoms with Gasteiger partial charge in [0.1, 0.15) is 11.6 Å². The number of aryl methyl sites for hydroxylation is 2. The summed E-state index contributed by atoms with van der Waals surface area (Å²) in [6.45, 7) is 9.23. The van der Waals surface area contributed by atoms with Crippen LogP contribution in [0.15, 0.2) is 46.1 Å². The van der Waals surface area contributed by atoms with E-state index in [0.717, 1.165) is 53.1 Å². The van der Waals surface area contributed by atoms with Crippen LogP contribution in [0.2, 0.25) is 0 Å². The highest BCUT2D eigenvalue weighted by Crippen LogP contribution is 2.51. The van der Waals surface area contributed by atoms with Crippen LogP contribution in [0.1, 0.15) is 74.8 Å². The molecule has 2 aliphatic rings. The monoisotopic (exact) mass is 676 g/mol. The molecule has 1 saturated heterocycles. The zero-order valence-electron chi connectivity index (χ0n) is 26.8. The quantitative estimate of drug-likeness (QED) is 0.169. The molecule has 2 atom stereocenters. The first-order valence-electron chi connectivity index (χ1n) is 16.0. The molecule has 246 valence electrons. The third-order valence-electron chi connectivity index (χ3n) is 9.25. The summed E-state index contributed by atoms with van der Waals surface area (Å²) in [5.41, 5.74) is 3.23. The first-order chi connectivity index (χ1) is 22.6. The lowest BCUT2D eigenvalue weighted by Crippen LogP contribution is -2.17. The van der Waals surface area contributed by atoms with Gasteiger partial charge >= 0.3 is 0 Å². The summed E-state index contributed by atoms with van der Waals surface area (Å²) in [4.78, 5) is 14.8. The van der Waals surface area contributed by atoms with Gasteiger partial charge in [-0.05, 0) is 73.6 Å². The van der Waals surface area contributed by atoms with E-state index in [1.807, 2.05) is 32.9 Å². The number of hydrogen-bond acceptors (Lipinski definition) is 11. The molecule has 5 aromatic rings. The van der Waals surface area contributed by atoms with E-state index < -0.39 is 15.7 Å². The molecular formula is C34H37FN6O4S2. The number of thiophene rings is 1. The standard InChI is InChI=1S/C34H37FN6O4S2/c1-18(2)25-17-47(42,43)32-29(27-14-22-7-10-37-33(31(22)46-27)38-19(3)23-13-24(35)16-36-15-23)28(34-41-40-20(4)45-34)26(39-30(25)32)6-5-21-8-11-44-12-9-21/h7,10,13-16,18-19,21,25H,5-6,8-9,11-12,17H2,1-4H3,(H,37,38)/t19-,25-/m1/s1. The van der Waals surface area contributed by atoms with Crippen molar-refractivity contribution in [1.82, 2.24) is 25.1 Å². The number of nitrogens with one attached hydrogen (secondary N) is 1. The molecule has 1 fully saturated rings. The number of aromatic nitrogens is 5. The van der Waals surface area contributed by atoms with Gasteiger partial charge in [-0.1, -0.05) is 13.8 Å². The molecule has 47 heavy (non-hydrogen) atoms. The van der Waals surface area contributed by atoms with Crippen LogP contribution >= 0.6 is 11.3 Å². The van der Waals surface area contributed by atoms with Gasteiger partial charge in [0.15, 0.2) is 9.84 Å². The second-order valence-corrected chi connectivity index (χ2v) is 15.9. The molecule has 7 rings (SSSR count). The summed E-state index contributed by atoms with van der Waals surface area (Å²) >= 11 is 1.45. The summed E-state index contributed by atoms with van der Waals surface area (Å²) < 4.78 is 54.6. The Balaban J connectivity index is 1.42. The Morgan fingerprint density at radius 3 is 2.64 bits per heavy atom. The van der Waals surface area contributed by atoms with Gasteiger partial charge in [0.25, 0.3) is 0 Å². The van der Waals surface area contributed by atoms with Crippen molar-refractivity contribution in [2.45, 2.75) is 70.2 Å². The number of anilines is 1. The summed E-state index contributed by atoms with van der Waals surface area (Å²) in [5, 5.41) is 12.8. The van der Waals surface area contributed by atoms with Crippen molar-refractivity contribution in [2.24, 2.45) is 11.8 Å². The van der Waals surface area contributed by atoms with Crippen LogP contribution < -0.4 is 5.32 Å². The number of pyridine rings is 3. The summed E-state index contributed by atoms with van der Waals surface area (Å²) in [6.07, 6.45) is 8.01. The van der Waals surface area contributed by atoms with Gasteiger partial charge in [0.2, 0.25) is 11.8 Å². The molecule has 0 radical (unpaired) electrons. The van der Waals surface area contributed by atoms with Gasteiger partial charge in [0.05, 0.1) is 44.5 Å². The minimum absolute atomic E-state index is 0.00413. The maximum Gasteiger partial charge on any atom is 0.250 e. The van der Waals surface area contributed by atoms with E-state index in [2.05, 4.69) is 25.5 Å². The highest BCUT2D eigenvalue weighted by Gasteiger charge is 2.43. The summed E-state index contributed by atoms with van der Waals surface area (Å²) in [7, 11) is -3.70. The molecule has 10 nitrogen and oxygen atoms in total. The molecule has 0 bridgehead atoms. The Hall–Kier alpha value is -3.81. The van der Waals surface area contributed by atoms with E-state index in [9.17, 15) is 12.8 Å². The van der Waals surface area contributed by atoms with E-state index in [-0.39, 0.29) is 34.4 Å². The van der Waals surface area contributed by atoms with Crippen LogP contribution in [0.3, 0.4) is 0 Å². The van der Waals surface area contributed by atoms with E-state index in [1.54, 1.807) is 19.3 Å². The van der Waals surface area contributed by atoms with Gasteiger partial charge in [-0.15, -0.1) is 21.5 Å². The molecule has 0 unspecified atom stereocenters. The van der Waals surface area contributed by atoms with Crippen molar-refractivity contribution in [2.75, 3.05) is 24.3 Å². The number of ether oxygens (including phenoxy) is 1. The van der Waals surface area contributed by atoms with Crippen molar-refractivity contribution < 1.29 is 22.0 Å². The van der Waals surface area contributed by atoms with E-state index in [4.69, 9.17) is 14.1 Å². The fourth-order valence-corrected chi connectivity index (χ4v) is 10.1. The van der Waals surface area contributed by atoms with Gasteiger partial charge in [-0.3, -0.25) is 9.97 Å². The van der Waals surface area contributed by atoms with Crippen LogP contribution in [-0.2, 0) is 21.0 Å². The smallest absolute Gasteiger partial charge is 0.250 e. The molecule has 5 aromatic heterocycles. The first kappa shape index (κ1) is 31.8. The SMILES string of the molecule is Cc1nnc(-c2c(CCC3CCOCC3)nc3c(c2-c2cc4ccnc(N[C@H](C)c5cncc(F)c5)c4s2)S(=O)(=O)C[C@@H]3C(C)C)o1. The summed E-state index contributed by atoms with van der Waals surface area (Å²) in [6, 6.07) is 5.07. The molecule has 0 aliphatic carbocycles. The number of rotatable bonds is 9. The second-order valence-electron chi connectivity index (χ2n) is 12.9. The molecule has 0 saturated carbocycles. The average molecular weight is 677 g/mol. The molecule has 7 heterocycles. The average Bonchev–Trinajstić information content (AvgIpc) is 3.75. The Morgan fingerprint density at radius 1 is 1.11 bits per heavy atom. The Labute approximate surface area is 277 Å². The Kier molecular flexibility index (Phi) is 8.56. The molecular weight excluding hydrogens is 640 g/mol. The lowest BCUT2D eigenvalue weighted by molar-refractivity contribution is 0.0639. The van der Waals surface area contributed by atoms with Crippen LogP contribution in [0.5, 0.6) is 0 Å². The Bertz CT molecular complexity index is 2050. The minimum atomic E-state index is -3.70. The van der Waals surface area contributed by atoms with Crippen molar-refractivity contribution >= 4 is 37.1 Å². The highest BCUT2D eigenvalue weighted by atomic mass is 32.2. The number of fused-ring (bicyclic) bond motifs is 2. The van der Waals surface area contributed by atoms with E-state index in [0.29, 0.717) is 46.4 Å². The second kappa shape index (κ2) is 12.7. The maximum absolute atomic E-state index is 14.1. The molecule has 0 spiro atoms. The zero-order valence-corrected chi connectivity index (χ0v) is 28.4. The normalized spacial score (nSPS) is 18.6. The molecule has 0 amide bonds. The first-order valence-corrected chi connectivity index (χ1v) is 18.5. The summed E-state index contributed by atoms with van der Waals surface area (Å²) in [5.74, 6) is 1.18. The van der Waals surface area contributed by atoms with Crippen LogP contribution in [0.4, 0.5) is 10.2 Å². The van der Waals surface area contributed by atoms with Gasteiger partial charge < -0.3 is 14.5 Å². The lowest BCUT2D eigenvalue weighted by atomic mass is 9.89. The molecule has 13 heteroatoms. The van der Waals surface area contributed by atoms with Crippen LogP contribution in [0.25, 0.3) is 32.0 Å². The highest BCUT2D eigenvalue weighted by molar-refractivity contribution is 7.92. The van der Waals surface area contributed by atoms with E-state index in [1.165, 1.54) is 23.6 Å². The molecule has 0 aromatic carbocycles. The van der Waals surface area contributed by atoms with Crippen molar-refractivity contribution in [1.29, 1.82) is 0 Å². The fourth-order valence-electron chi connectivity index (χ4n) is 6.68. The predicted octanol–water partition coefficient (Wildman–Crippen LogP) is 7.31. The third-order valence-corrected chi connectivity index (χ3v) is 12.3. The predicted molar refractivity (Wildman–Crippen MR) is 179 cm³/mol. The van der Waals surface area contributed by atoms with Gasteiger partial charge in [-0.2, -0.15) is 0 Å².